The Labute approximate surface area is 184 Å². The summed E-state index contributed by atoms with van der Waals surface area (Å²) in [5, 5.41) is 42.0. The fourth-order valence-corrected chi connectivity index (χ4v) is 5.05. The van der Waals surface area contributed by atoms with Crippen molar-refractivity contribution < 1.29 is 20.1 Å². The van der Waals surface area contributed by atoms with Gasteiger partial charge in [-0.25, -0.2) is 9.67 Å². The molecule has 3 heterocycles. The molecule has 0 bridgehead atoms. The summed E-state index contributed by atoms with van der Waals surface area (Å²) in [4.78, 5) is 4.91. The standard InChI is InChI=1S/C17H16Cl2N4O4S2/c18-9-2-1-8(3-10(9)19)29-17-16(26)14(15(25)13(5-24)27-17)23-4-11(21-22-23)12-6-28-7-20-12/h1-4,6-7,13-17,24-26H,5H2/t13?,14?,15-,16?,17+/m0/s1. The molecule has 2 aromatic heterocycles. The third kappa shape index (κ3) is 4.30. The monoisotopic (exact) mass is 474 g/mol. The molecule has 3 N–H and O–H groups in total. The Kier molecular flexibility index (Phi) is 6.42. The average Bonchev–Trinajstić information content (AvgIpc) is 3.39. The zero-order valence-corrected chi connectivity index (χ0v) is 17.8. The van der Waals surface area contributed by atoms with Crippen molar-refractivity contribution in [3.63, 3.8) is 0 Å². The third-order valence-electron chi connectivity index (χ3n) is 4.50. The van der Waals surface area contributed by atoms with E-state index in [-0.39, 0.29) is 0 Å². The first-order chi connectivity index (χ1) is 14.0. The summed E-state index contributed by atoms with van der Waals surface area (Å²) in [5.41, 5.74) is 2.06. The summed E-state index contributed by atoms with van der Waals surface area (Å²) in [6.07, 6.45) is -1.63. The van der Waals surface area contributed by atoms with Crippen LogP contribution in [0.1, 0.15) is 6.04 Å². The normalized spacial score (nSPS) is 27.3. The first-order valence-electron chi connectivity index (χ1n) is 8.52. The van der Waals surface area contributed by atoms with Crippen LogP contribution >= 0.6 is 46.3 Å². The summed E-state index contributed by atoms with van der Waals surface area (Å²) in [5.74, 6) is 0. The minimum absolute atomic E-state index is 0.376. The van der Waals surface area contributed by atoms with Crippen molar-refractivity contribution in [2.45, 2.75) is 34.7 Å². The van der Waals surface area contributed by atoms with E-state index in [0.717, 1.165) is 4.90 Å². The Balaban J connectivity index is 1.61. The van der Waals surface area contributed by atoms with Crippen LogP contribution in [-0.2, 0) is 4.74 Å². The lowest BCUT2D eigenvalue weighted by Crippen LogP contribution is -2.55. The topological polar surface area (TPSA) is 114 Å². The SMILES string of the molecule is OCC1O[C@H](Sc2ccc(Cl)c(Cl)c2)C(O)C(n2cc(-c3cscn3)nn2)[C@H]1O. The van der Waals surface area contributed by atoms with Crippen LogP contribution in [0.4, 0.5) is 0 Å². The highest BCUT2D eigenvalue weighted by molar-refractivity contribution is 7.99. The number of aliphatic hydroxyl groups excluding tert-OH is 3. The lowest BCUT2D eigenvalue weighted by atomic mass is 9.97. The largest absolute Gasteiger partial charge is 0.394 e. The first-order valence-corrected chi connectivity index (χ1v) is 11.1. The fourth-order valence-electron chi connectivity index (χ4n) is 3.04. The summed E-state index contributed by atoms with van der Waals surface area (Å²) in [7, 11) is 0. The van der Waals surface area contributed by atoms with Crippen LogP contribution in [-0.4, -0.2) is 65.7 Å². The predicted molar refractivity (Wildman–Crippen MR) is 110 cm³/mol. The molecule has 3 unspecified atom stereocenters. The highest BCUT2D eigenvalue weighted by Gasteiger charge is 2.46. The number of hydrogen-bond acceptors (Lipinski definition) is 9. The second-order valence-corrected chi connectivity index (χ2v) is 9.05. The fraction of sp³-hybridized carbons (Fsp3) is 0.353. The smallest absolute Gasteiger partial charge is 0.136 e. The van der Waals surface area contributed by atoms with E-state index in [2.05, 4.69) is 15.3 Å². The van der Waals surface area contributed by atoms with Gasteiger partial charge in [0.05, 0.1) is 28.4 Å². The molecule has 154 valence electrons. The molecule has 0 aliphatic carbocycles. The van der Waals surface area contributed by atoms with E-state index in [1.54, 1.807) is 29.9 Å². The number of aliphatic hydroxyl groups is 3. The third-order valence-corrected chi connectivity index (χ3v) is 6.98. The zero-order valence-electron chi connectivity index (χ0n) is 14.7. The maximum absolute atomic E-state index is 10.9. The van der Waals surface area contributed by atoms with Crippen LogP contribution in [0.3, 0.4) is 0 Å². The summed E-state index contributed by atoms with van der Waals surface area (Å²) < 4.78 is 7.12. The van der Waals surface area contributed by atoms with Gasteiger partial charge < -0.3 is 20.1 Å². The maximum atomic E-state index is 10.9. The number of rotatable bonds is 5. The van der Waals surface area contributed by atoms with Gasteiger partial charge in [-0.3, -0.25) is 0 Å². The molecule has 0 saturated carbocycles. The van der Waals surface area contributed by atoms with E-state index >= 15 is 0 Å². The number of thioether (sulfide) groups is 1. The van der Waals surface area contributed by atoms with Gasteiger partial charge in [0, 0.05) is 10.3 Å². The number of halogens is 2. The highest BCUT2D eigenvalue weighted by Crippen LogP contribution is 2.39. The van der Waals surface area contributed by atoms with Crippen LogP contribution in [0, 0.1) is 0 Å². The predicted octanol–water partition coefficient (Wildman–Crippen LogP) is 2.48. The molecule has 5 atom stereocenters. The zero-order chi connectivity index (χ0) is 20.5. The molecule has 1 aromatic carbocycles. The molecule has 29 heavy (non-hydrogen) atoms. The van der Waals surface area contributed by atoms with Crippen molar-refractivity contribution in [2.75, 3.05) is 6.61 Å². The molecule has 1 aliphatic rings. The van der Waals surface area contributed by atoms with Gasteiger partial charge in [-0.15, -0.1) is 16.4 Å². The van der Waals surface area contributed by atoms with Gasteiger partial charge in [0.2, 0.25) is 0 Å². The second-order valence-electron chi connectivity index (χ2n) is 6.35. The summed E-state index contributed by atoms with van der Waals surface area (Å²) in [6.45, 7) is -0.420. The lowest BCUT2D eigenvalue weighted by molar-refractivity contribution is -0.178. The molecule has 1 saturated heterocycles. The molecule has 0 spiro atoms. The Morgan fingerprint density at radius 2 is 2.00 bits per heavy atom. The van der Waals surface area contributed by atoms with Crippen LogP contribution in [0.5, 0.6) is 0 Å². The Morgan fingerprint density at radius 3 is 2.69 bits per heavy atom. The molecule has 0 radical (unpaired) electrons. The van der Waals surface area contributed by atoms with Gasteiger partial charge in [-0.1, -0.05) is 40.2 Å². The number of ether oxygens (including phenoxy) is 1. The Bertz CT molecular complexity index is 974. The molecule has 3 aromatic rings. The molecule has 1 aliphatic heterocycles. The van der Waals surface area contributed by atoms with E-state index < -0.39 is 36.4 Å². The van der Waals surface area contributed by atoms with Gasteiger partial charge in [0.15, 0.2) is 0 Å². The number of thiazole rings is 1. The van der Waals surface area contributed by atoms with Crippen molar-refractivity contribution in [1.29, 1.82) is 0 Å². The van der Waals surface area contributed by atoms with Crippen LogP contribution < -0.4 is 0 Å². The van der Waals surface area contributed by atoms with Crippen molar-refractivity contribution in [3.05, 3.63) is 45.3 Å². The number of benzene rings is 1. The summed E-state index contributed by atoms with van der Waals surface area (Å²) in [6, 6.07) is 4.18. The molecule has 1 fully saturated rings. The number of nitrogens with zero attached hydrogens (tertiary/aromatic N) is 4. The van der Waals surface area contributed by atoms with Gasteiger partial charge >= 0.3 is 0 Å². The minimum Gasteiger partial charge on any atom is -0.394 e. The minimum atomic E-state index is -1.19. The van der Waals surface area contributed by atoms with Gasteiger partial charge in [0.1, 0.15) is 41.2 Å². The van der Waals surface area contributed by atoms with Crippen molar-refractivity contribution >= 4 is 46.3 Å². The lowest BCUT2D eigenvalue weighted by Gasteiger charge is -2.41. The number of hydrogen-bond donors (Lipinski definition) is 3. The van der Waals surface area contributed by atoms with E-state index in [9.17, 15) is 15.3 Å². The van der Waals surface area contributed by atoms with Crippen LogP contribution in [0.15, 0.2) is 40.2 Å². The van der Waals surface area contributed by atoms with Crippen LogP contribution in [0.2, 0.25) is 10.0 Å². The van der Waals surface area contributed by atoms with Crippen LogP contribution in [0.25, 0.3) is 11.4 Å². The van der Waals surface area contributed by atoms with E-state index in [0.29, 0.717) is 21.4 Å². The van der Waals surface area contributed by atoms with E-state index in [4.69, 9.17) is 27.9 Å². The van der Waals surface area contributed by atoms with Crippen molar-refractivity contribution in [1.82, 2.24) is 20.0 Å². The maximum Gasteiger partial charge on any atom is 0.136 e. The molecule has 12 heteroatoms. The van der Waals surface area contributed by atoms with E-state index in [1.165, 1.54) is 27.8 Å². The van der Waals surface area contributed by atoms with Gasteiger partial charge in [-0.2, -0.15) is 0 Å². The Hall–Kier alpha value is -1.24. The quantitative estimate of drug-likeness (QED) is 0.516. The van der Waals surface area contributed by atoms with Gasteiger partial charge in [-0.05, 0) is 18.2 Å². The molecular weight excluding hydrogens is 459 g/mol. The average molecular weight is 475 g/mol. The second kappa shape index (κ2) is 8.86. The van der Waals surface area contributed by atoms with Crippen molar-refractivity contribution in [2.24, 2.45) is 0 Å². The Morgan fingerprint density at radius 1 is 1.17 bits per heavy atom. The van der Waals surface area contributed by atoms with E-state index in [1.807, 2.05) is 5.38 Å². The molecule has 8 nitrogen and oxygen atoms in total. The van der Waals surface area contributed by atoms with Crippen molar-refractivity contribution in [3.8, 4) is 11.4 Å². The molecule has 4 rings (SSSR count). The highest BCUT2D eigenvalue weighted by atomic mass is 35.5. The summed E-state index contributed by atoms with van der Waals surface area (Å²) >= 11 is 14.7. The van der Waals surface area contributed by atoms with Gasteiger partial charge in [0.25, 0.3) is 0 Å². The molecular formula is C17H16Cl2N4O4S2. The number of aromatic nitrogens is 4. The molecule has 0 amide bonds. The first kappa shape index (κ1) is 21.0.